The molecule has 1 unspecified atom stereocenters. The van der Waals surface area contributed by atoms with Gasteiger partial charge in [-0.1, -0.05) is 12.1 Å². The van der Waals surface area contributed by atoms with Crippen molar-refractivity contribution in [2.75, 3.05) is 11.1 Å². The van der Waals surface area contributed by atoms with E-state index in [9.17, 15) is 9.90 Å². The zero-order valence-electron chi connectivity index (χ0n) is 11.4. The third-order valence-electron chi connectivity index (χ3n) is 3.25. The van der Waals surface area contributed by atoms with Crippen LogP contribution in [0.1, 0.15) is 10.9 Å². The lowest BCUT2D eigenvalue weighted by molar-refractivity contribution is -0.116. The molecule has 3 rings (SSSR count). The number of nitrogens with one attached hydrogen (secondary N) is 2. The number of aromatic amines is 1. The minimum absolute atomic E-state index is 0.0588. The Balaban J connectivity index is 1.81. The third kappa shape index (κ3) is 2.68. The molecule has 0 saturated heterocycles. The van der Waals surface area contributed by atoms with E-state index in [1.54, 1.807) is 30.3 Å². The van der Waals surface area contributed by atoms with Crippen LogP contribution in [0.3, 0.4) is 0 Å². The number of carbonyl (C=O) groups excluding carboxylic acids is 1. The van der Waals surface area contributed by atoms with Crippen LogP contribution in [-0.2, 0) is 4.79 Å². The van der Waals surface area contributed by atoms with Crippen LogP contribution in [0.15, 0.2) is 42.5 Å². The Kier molecular flexibility index (Phi) is 3.60. The van der Waals surface area contributed by atoms with E-state index in [1.165, 1.54) is 12.1 Å². The number of aromatic nitrogens is 2. The van der Waals surface area contributed by atoms with Crippen molar-refractivity contribution in [2.24, 2.45) is 0 Å². The molecule has 22 heavy (non-hydrogen) atoms. The summed E-state index contributed by atoms with van der Waals surface area (Å²) in [6.07, 6.45) is 0. The lowest BCUT2D eigenvalue weighted by Gasteiger charge is -2.11. The van der Waals surface area contributed by atoms with Crippen molar-refractivity contribution in [1.29, 1.82) is 0 Å². The minimum atomic E-state index is -0.913. The summed E-state index contributed by atoms with van der Waals surface area (Å²) in [7, 11) is 0. The Hall–Kier alpha value is -2.73. The van der Waals surface area contributed by atoms with Crippen molar-refractivity contribution in [3.8, 4) is 5.75 Å². The number of nitrogen functional groups attached to an aromatic ring is 1. The lowest BCUT2D eigenvalue weighted by atomic mass is 10.1. The molecule has 1 amide bonds. The predicted octanol–water partition coefficient (Wildman–Crippen LogP) is 2.77. The summed E-state index contributed by atoms with van der Waals surface area (Å²) >= 11 is 6.14. The lowest BCUT2D eigenvalue weighted by Crippen LogP contribution is -2.17. The molecule has 2 aromatic carbocycles. The highest BCUT2D eigenvalue weighted by Gasteiger charge is 2.18. The fourth-order valence-electron chi connectivity index (χ4n) is 2.15. The molecule has 112 valence electrons. The number of anilines is 2. The summed E-state index contributed by atoms with van der Waals surface area (Å²) in [6.45, 7) is 0. The summed E-state index contributed by atoms with van der Waals surface area (Å²) in [6, 6.07) is 11.5. The molecule has 1 atom stereocenters. The molecule has 7 heteroatoms. The maximum atomic E-state index is 12.2. The molecule has 0 bridgehead atoms. The van der Waals surface area contributed by atoms with Crippen LogP contribution < -0.4 is 11.1 Å². The number of halogens is 1. The summed E-state index contributed by atoms with van der Waals surface area (Å²) < 4.78 is 0. The number of hydrogen-bond acceptors (Lipinski definition) is 4. The molecular formula is C15H13ClN4O2. The SMILES string of the molecule is Nc1n[nH]c2ccc(NC(=O)C(Cl)c3cccc(O)c3)cc12. The summed E-state index contributed by atoms with van der Waals surface area (Å²) in [5.41, 5.74) is 7.60. The van der Waals surface area contributed by atoms with Crippen molar-refractivity contribution in [2.45, 2.75) is 5.38 Å². The number of nitrogens with zero attached hydrogens (tertiary/aromatic N) is 1. The molecule has 5 N–H and O–H groups in total. The number of hydrogen-bond donors (Lipinski definition) is 4. The second-order valence-electron chi connectivity index (χ2n) is 4.82. The number of phenols is 1. The number of fused-ring (bicyclic) bond motifs is 1. The largest absolute Gasteiger partial charge is 0.508 e. The third-order valence-corrected chi connectivity index (χ3v) is 3.70. The van der Waals surface area contributed by atoms with Gasteiger partial charge in [-0.05, 0) is 35.9 Å². The van der Waals surface area contributed by atoms with E-state index in [4.69, 9.17) is 17.3 Å². The van der Waals surface area contributed by atoms with Gasteiger partial charge in [-0.2, -0.15) is 5.10 Å². The molecule has 0 aliphatic heterocycles. The first-order valence-corrected chi connectivity index (χ1v) is 6.96. The Morgan fingerprint density at radius 3 is 2.91 bits per heavy atom. The number of carbonyl (C=O) groups is 1. The molecule has 3 aromatic rings. The molecule has 0 spiro atoms. The highest BCUT2D eigenvalue weighted by Crippen LogP contribution is 2.27. The number of amides is 1. The van der Waals surface area contributed by atoms with Gasteiger partial charge in [0.1, 0.15) is 11.1 Å². The van der Waals surface area contributed by atoms with Gasteiger partial charge in [0.2, 0.25) is 5.91 Å². The van der Waals surface area contributed by atoms with Crippen molar-refractivity contribution in [3.63, 3.8) is 0 Å². The molecule has 1 aromatic heterocycles. The number of phenolic OH excluding ortho intramolecular Hbond substituents is 1. The van der Waals surface area contributed by atoms with Crippen LogP contribution in [0.5, 0.6) is 5.75 Å². The fourth-order valence-corrected chi connectivity index (χ4v) is 2.34. The molecule has 0 saturated carbocycles. The van der Waals surface area contributed by atoms with Crippen LogP contribution >= 0.6 is 11.6 Å². The van der Waals surface area contributed by atoms with Gasteiger partial charge in [0.05, 0.1) is 5.52 Å². The zero-order valence-corrected chi connectivity index (χ0v) is 12.1. The highest BCUT2D eigenvalue weighted by atomic mass is 35.5. The Bertz CT molecular complexity index is 846. The van der Waals surface area contributed by atoms with E-state index in [0.717, 1.165) is 10.9 Å². The quantitative estimate of drug-likeness (QED) is 0.558. The predicted molar refractivity (Wildman–Crippen MR) is 85.8 cm³/mol. The topological polar surface area (TPSA) is 104 Å². The van der Waals surface area contributed by atoms with E-state index in [0.29, 0.717) is 17.1 Å². The van der Waals surface area contributed by atoms with Gasteiger partial charge in [0.25, 0.3) is 0 Å². The van der Waals surface area contributed by atoms with E-state index >= 15 is 0 Å². The fraction of sp³-hybridized carbons (Fsp3) is 0.0667. The summed E-state index contributed by atoms with van der Waals surface area (Å²) in [5.74, 6) is 0.0266. The van der Waals surface area contributed by atoms with Crippen LogP contribution in [0.25, 0.3) is 10.9 Å². The second-order valence-corrected chi connectivity index (χ2v) is 5.25. The maximum absolute atomic E-state index is 12.2. The van der Waals surface area contributed by atoms with E-state index in [2.05, 4.69) is 15.5 Å². The van der Waals surface area contributed by atoms with Gasteiger partial charge in [-0.3, -0.25) is 9.89 Å². The summed E-state index contributed by atoms with van der Waals surface area (Å²) in [4.78, 5) is 12.2. The molecule has 0 fully saturated rings. The van der Waals surface area contributed by atoms with Crippen LogP contribution in [0.4, 0.5) is 11.5 Å². The van der Waals surface area contributed by atoms with Crippen molar-refractivity contribution >= 4 is 39.9 Å². The van der Waals surface area contributed by atoms with Crippen molar-refractivity contribution in [3.05, 3.63) is 48.0 Å². The normalized spacial score (nSPS) is 12.2. The number of aromatic hydroxyl groups is 1. The number of H-pyrrole nitrogens is 1. The number of benzene rings is 2. The van der Waals surface area contributed by atoms with Gasteiger partial charge in [-0.25, -0.2) is 0 Å². The average molecular weight is 317 g/mol. The zero-order chi connectivity index (χ0) is 15.7. The van der Waals surface area contributed by atoms with Gasteiger partial charge < -0.3 is 16.2 Å². The highest BCUT2D eigenvalue weighted by molar-refractivity contribution is 6.32. The minimum Gasteiger partial charge on any atom is -0.508 e. The maximum Gasteiger partial charge on any atom is 0.246 e. The second kappa shape index (κ2) is 5.57. The first-order chi connectivity index (χ1) is 10.5. The van der Waals surface area contributed by atoms with E-state index < -0.39 is 11.3 Å². The van der Waals surface area contributed by atoms with Gasteiger partial charge in [0, 0.05) is 11.1 Å². The number of alkyl halides is 1. The molecule has 0 radical (unpaired) electrons. The van der Waals surface area contributed by atoms with E-state index in [-0.39, 0.29) is 5.75 Å². The van der Waals surface area contributed by atoms with Gasteiger partial charge >= 0.3 is 0 Å². The first-order valence-electron chi connectivity index (χ1n) is 6.52. The Labute approximate surface area is 130 Å². The van der Waals surface area contributed by atoms with Gasteiger partial charge in [-0.15, -0.1) is 11.6 Å². The van der Waals surface area contributed by atoms with Gasteiger partial charge in [0.15, 0.2) is 5.82 Å². The van der Waals surface area contributed by atoms with Crippen LogP contribution in [0.2, 0.25) is 0 Å². The molecular weight excluding hydrogens is 304 g/mol. The molecule has 1 heterocycles. The molecule has 0 aliphatic carbocycles. The molecule has 0 aliphatic rings. The van der Waals surface area contributed by atoms with E-state index in [1.807, 2.05) is 0 Å². The summed E-state index contributed by atoms with van der Waals surface area (Å²) in [5, 5.41) is 18.7. The number of nitrogens with two attached hydrogens (primary N) is 1. The smallest absolute Gasteiger partial charge is 0.246 e. The van der Waals surface area contributed by atoms with Crippen LogP contribution in [-0.4, -0.2) is 21.2 Å². The van der Waals surface area contributed by atoms with Crippen molar-refractivity contribution in [1.82, 2.24) is 10.2 Å². The Morgan fingerprint density at radius 1 is 1.32 bits per heavy atom. The van der Waals surface area contributed by atoms with Crippen LogP contribution in [0, 0.1) is 0 Å². The monoisotopic (exact) mass is 316 g/mol. The number of rotatable bonds is 3. The Morgan fingerprint density at radius 2 is 2.14 bits per heavy atom. The standard InChI is InChI=1S/C15H13ClN4O2/c16-13(8-2-1-3-10(21)6-8)15(22)18-9-4-5-12-11(7-9)14(17)20-19-12/h1-7,13,21H,(H,18,22)(H3,17,19,20). The molecule has 6 nitrogen and oxygen atoms in total. The van der Waals surface area contributed by atoms with Crippen molar-refractivity contribution < 1.29 is 9.90 Å². The average Bonchev–Trinajstić information content (AvgIpc) is 2.87. The first kappa shape index (κ1) is 14.2.